The van der Waals surface area contributed by atoms with Gasteiger partial charge in [0.25, 0.3) is 5.91 Å². The Kier molecular flexibility index (Phi) is 4.64. The van der Waals surface area contributed by atoms with Crippen molar-refractivity contribution in [1.82, 2.24) is 10.3 Å². The van der Waals surface area contributed by atoms with Crippen LogP contribution in [0.15, 0.2) is 29.1 Å². The maximum Gasteiger partial charge on any atom is 0.261 e. The Balaban J connectivity index is 1.96. The molecule has 0 aliphatic carbocycles. The second-order valence-corrected chi connectivity index (χ2v) is 5.58. The van der Waals surface area contributed by atoms with E-state index in [2.05, 4.69) is 15.6 Å². The predicted molar refractivity (Wildman–Crippen MR) is 76.6 cm³/mol. The van der Waals surface area contributed by atoms with Crippen LogP contribution in [0.25, 0.3) is 0 Å². The largest absolute Gasteiger partial charge is 0.340 e. The number of aromatic nitrogens is 1. The number of amides is 2. The van der Waals surface area contributed by atoms with Crippen LogP contribution in [0.2, 0.25) is 0 Å². The summed E-state index contributed by atoms with van der Waals surface area (Å²) in [7, 11) is 0. The predicted octanol–water partition coefficient (Wildman–Crippen LogP) is 2.35. The van der Waals surface area contributed by atoms with Gasteiger partial charge >= 0.3 is 0 Å². The van der Waals surface area contributed by atoms with E-state index in [4.69, 9.17) is 0 Å². The van der Waals surface area contributed by atoms with Crippen molar-refractivity contribution in [1.29, 1.82) is 0 Å². The van der Waals surface area contributed by atoms with Crippen molar-refractivity contribution in [3.63, 3.8) is 0 Å². The third-order valence-corrected chi connectivity index (χ3v) is 3.99. The number of thiophene rings is 1. The van der Waals surface area contributed by atoms with E-state index in [1.807, 2.05) is 12.3 Å². The average molecular weight is 295 g/mol. The van der Waals surface area contributed by atoms with Gasteiger partial charge in [-0.05, 0) is 17.9 Å². The monoisotopic (exact) mass is 295 g/mol. The Morgan fingerprint density at radius 1 is 1.37 bits per heavy atom. The maximum absolute atomic E-state index is 12.0. The van der Waals surface area contributed by atoms with Crippen molar-refractivity contribution in [2.24, 2.45) is 0 Å². The molecule has 0 saturated heterocycles. The van der Waals surface area contributed by atoms with Gasteiger partial charge in [-0.3, -0.25) is 9.59 Å². The molecule has 7 heteroatoms. The second-order valence-electron chi connectivity index (χ2n) is 3.74. The lowest BCUT2D eigenvalue weighted by Gasteiger charge is -2.15. The molecule has 0 unspecified atom stereocenters. The van der Waals surface area contributed by atoms with Gasteiger partial charge < -0.3 is 10.6 Å². The summed E-state index contributed by atoms with van der Waals surface area (Å²) in [5.41, 5.74) is 0. The zero-order chi connectivity index (χ0) is 13.7. The van der Waals surface area contributed by atoms with Crippen molar-refractivity contribution in [2.45, 2.75) is 19.4 Å². The van der Waals surface area contributed by atoms with Gasteiger partial charge in [0.05, 0.1) is 4.88 Å². The lowest BCUT2D eigenvalue weighted by atomic mass is 10.2. The van der Waals surface area contributed by atoms with E-state index >= 15 is 0 Å². The standard InChI is InChI=1S/C12H13N3O2S2/c1-2-8(10(16)15-12-13-5-7-19-12)14-11(17)9-4-3-6-18-9/h3-8H,2H2,1H3,(H,14,17)(H,13,15,16)/t8-/m0/s1. The molecular weight excluding hydrogens is 282 g/mol. The van der Waals surface area contributed by atoms with E-state index in [9.17, 15) is 9.59 Å². The van der Waals surface area contributed by atoms with Crippen LogP contribution in [0.4, 0.5) is 5.13 Å². The first-order valence-electron chi connectivity index (χ1n) is 5.75. The molecule has 0 aliphatic heterocycles. The highest BCUT2D eigenvalue weighted by Crippen LogP contribution is 2.12. The summed E-state index contributed by atoms with van der Waals surface area (Å²) in [6.07, 6.45) is 2.14. The van der Waals surface area contributed by atoms with Crippen LogP contribution < -0.4 is 10.6 Å². The zero-order valence-electron chi connectivity index (χ0n) is 10.3. The van der Waals surface area contributed by atoms with E-state index in [1.54, 1.807) is 23.7 Å². The van der Waals surface area contributed by atoms with Gasteiger partial charge in [-0.25, -0.2) is 4.98 Å². The number of nitrogens with one attached hydrogen (secondary N) is 2. The quantitative estimate of drug-likeness (QED) is 0.889. The Labute approximate surface area is 118 Å². The highest BCUT2D eigenvalue weighted by molar-refractivity contribution is 7.13. The molecule has 2 N–H and O–H groups in total. The maximum atomic E-state index is 12.0. The summed E-state index contributed by atoms with van der Waals surface area (Å²) in [6.45, 7) is 1.85. The number of thiazole rings is 1. The Hall–Kier alpha value is -1.73. The molecule has 0 saturated carbocycles. The highest BCUT2D eigenvalue weighted by atomic mass is 32.1. The van der Waals surface area contributed by atoms with Crippen molar-refractivity contribution in [3.05, 3.63) is 34.0 Å². The van der Waals surface area contributed by atoms with Crippen LogP contribution in [-0.4, -0.2) is 22.8 Å². The molecule has 19 heavy (non-hydrogen) atoms. The number of carbonyl (C=O) groups is 2. The fraction of sp³-hybridized carbons (Fsp3) is 0.250. The van der Waals surface area contributed by atoms with Gasteiger partial charge in [0.15, 0.2) is 5.13 Å². The summed E-state index contributed by atoms with van der Waals surface area (Å²) in [5, 5.41) is 9.54. The molecule has 2 rings (SSSR count). The molecule has 0 aliphatic rings. The first-order valence-corrected chi connectivity index (χ1v) is 7.51. The van der Waals surface area contributed by atoms with Gasteiger partial charge in [0.1, 0.15) is 6.04 Å². The van der Waals surface area contributed by atoms with E-state index in [0.717, 1.165) is 0 Å². The average Bonchev–Trinajstić information content (AvgIpc) is 3.07. The third kappa shape index (κ3) is 3.62. The molecule has 0 spiro atoms. The molecule has 2 aromatic heterocycles. The van der Waals surface area contributed by atoms with Crippen molar-refractivity contribution in [3.8, 4) is 0 Å². The van der Waals surface area contributed by atoms with Crippen LogP contribution in [-0.2, 0) is 4.79 Å². The van der Waals surface area contributed by atoms with Crippen LogP contribution in [0, 0.1) is 0 Å². The smallest absolute Gasteiger partial charge is 0.261 e. The van der Waals surface area contributed by atoms with E-state index in [-0.39, 0.29) is 11.8 Å². The number of carbonyl (C=O) groups excluding carboxylic acids is 2. The molecule has 2 aromatic rings. The molecule has 0 bridgehead atoms. The Bertz CT molecular complexity index is 537. The Morgan fingerprint density at radius 3 is 2.79 bits per heavy atom. The molecule has 0 fully saturated rings. The number of hydrogen-bond acceptors (Lipinski definition) is 5. The first kappa shape index (κ1) is 13.7. The van der Waals surface area contributed by atoms with Gasteiger partial charge in [0.2, 0.25) is 5.91 Å². The van der Waals surface area contributed by atoms with Crippen molar-refractivity contribution in [2.75, 3.05) is 5.32 Å². The minimum absolute atomic E-state index is 0.226. The SMILES string of the molecule is CC[C@H](NC(=O)c1cccs1)C(=O)Nc1nccs1. The summed E-state index contributed by atoms with van der Waals surface area (Å²) in [5.74, 6) is -0.474. The number of anilines is 1. The highest BCUT2D eigenvalue weighted by Gasteiger charge is 2.20. The van der Waals surface area contributed by atoms with Gasteiger partial charge in [-0.1, -0.05) is 13.0 Å². The summed E-state index contributed by atoms with van der Waals surface area (Å²) in [6, 6.07) is 2.97. The molecule has 2 heterocycles. The fourth-order valence-electron chi connectivity index (χ4n) is 1.47. The van der Waals surface area contributed by atoms with Crippen molar-refractivity contribution >= 4 is 39.6 Å². The minimum Gasteiger partial charge on any atom is -0.340 e. The third-order valence-electron chi connectivity index (χ3n) is 2.44. The van der Waals surface area contributed by atoms with Crippen molar-refractivity contribution < 1.29 is 9.59 Å². The molecular formula is C12H13N3O2S2. The summed E-state index contributed by atoms with van der Waals surface area (Å²) in [4.78, 5) is 28.5. The lowest BCUT2D eigenvalue weighted by molar-refractivity contribution is -0.118. The minimum atomic E-state index is -0.557. The van der Waals surface area contributed by atoms with E-state index in [1.165, 1.54) is 22.7 Å². The van der Waals surface area contributed by atoms with E-state index < -0.39 is 6.04 Å². The number of hydrogen-bond donors (Lipinski definition) is 2. The second kappa shape index (κ2) is 6.44. The van der Waals surface area contributed by atoms with Crippen LogP contribution in [0.5, 0.6) is 0 Å². The number of rotatable bonds is 5. The van der Waals surface area contributed by atoms with Gasteiger partial charge in [-0.2, -0.15) is 0 Å². The Morgan fingerprint density at radius 2 is 2.21 bits per heavy atom. The lowest BCUT2D eigenvalue weighted by Crippen LogP contribution is -2.43. The number of nitrogens with zero attached hydrogens (tertiary/aromatic N) is 1. The van der Waals surface area contributed by atoms with Gasteiger partial charge in [-0.15, -0.1) is 22.7 Å². The summed E-state index contributed by atoms with van der Waals surface area (Å²) < 4.78 is 0. The van der Waals surface area contributed by atoms with Crippen LogP contribution in [0.3, 0.4) is 0 Å². The first-order chi connectivity index (χ1) is 9.20. The molecule has 0 radical (unpaired) electrons. The molecule has 0 aromatic carbocycles. The topological polar surface area (TPSA) is 71.1 Å². The molecule has 5 nitrogen and oxygen atoms in total. The summed E-state index contributed by atoms with van der Waals surface area (Å²) >= 11 is 2.69. The fourth-order valence-corrected chi connectivity index (χ4v) is 2.63. The van der Waals surface area contributed by atoms with Crippen LogP contribution in [0.1, 0.15) is 23.0 Å². The normalized spacial score (nSPS) is 11.8. The van der Waals surface area contributed by atoms with E-state index in [0.29, 0.717) is 16.4 Å². The molecule has 100 valence electrons. The molecule has 2 amide bonds. The zero-order valence-corrected chi connectivity index (χ0v) is 11.9. The van der Waals surface area contributed by atoms with Gasteiger partial charge in [0, 0.05) is 11.6 Å². The van der Waals surface area contributed by atoms with Crippen LogP contribution >= 0.6 is 22.7 Å². The molecule has 1 atom stereocenters.